The van der Waals surface area contributed by atoms with Crippen LogP contribution in [0.2, 0.25) is 0 Å². The van der Waals surface area contributed by atoms with E-state index < -0.39 is 55.0 Å². The Labute approximate surface area is 197 Å². The smallest absolute Gasteiger partial charge is 0.316 e. The van der Waals surface area contributed by atoms with Gasteiger partial charge < -0.3 is 10.1 Å². The molecule has 1 aliphatic carbocycles. The minimum absolute atomic E-state index is 0.00444. The molecule has 1 saturated carbocycles. The van der Waals surface area contributed by atoms with Gasteiger partial charge >= 0.3 is 6.01 Å². The largest absolute Gasteiger partial charge is 0.467 e. The Morgan fingerprint density at radius 3 is 2.65 bits per heavy atom. The number of hydrogen-bond donors (Lipinski definition) is 1. The number of carbonyl (C=O) groups excluding carboxylic acids is 1. The lowest BCUT2D eigenvalue weighted by molar-refractivity contribution is -0.0558. The normalized spacial score (nSPS) is 21.1. The fraction of sp³-hybridized carbons (Fsp3) is 0.333. The van der Waals surface area contributed by atoms with Crippen LogP contribution in [0, 0.1) is 17.6 Å². The van der Waals surface area contributed by atoms with Crippen LogP contribution in [-0.4, -0.2) is 33.9 Å². The average molecular weight is 477 g/mol. The molecule has 1 N–H and O–H groups in total. The van der Waals surface area contributed by atoms with E-state index in [9.17, 15) is 22.4 Å². The molecule has 10 heteroatoms. The van der Waals surface area contributed by atoms with Crippen molar-refractivity contribution in [2.75, 3.05) is 12.4 Å². The minimum atomic E-state index is -3.19. The highest BCUT2D eigenvalue weighted by molar-refractivity contribution is 6.06. The molecule has 0 spiro atoms. The summed E-state index contributed by atoms with van der Waals surface area (Å²) in [6.45, 7) is -2.76. The number of ether oxygens (including phenoxy) is 1. The van der Waals surface area contributed by atoms with Gasteiger partial charge in [-0.05, 0) is 36.6 Å². The first-order valence-electron chi connectivity index (χ1n) is 11.9. The van der Waals surface area contributed by atoms with E-state index in [-0.39, 0.29) is 40.5 Å². The predicted molar refractivity (Wildman–Crippen MR) is 117 cm³/mol. The molecule has 0 radical (unpaired) electrons. The second-order valence-electron chi connectivity index (χ2n) is 7.97. The summed E-state index contributed by atoms with van der Waals surface area (Å²) in [5, 5.41) is 2.59. The molecule has 1 aromatic carbocycles. The minimum Gasteiger partial charge on any atom is -0.467 e. The van der Waals surface area contributed by atoms with Gasteiger partial charge in [0.1, 0.15) is 11.6 Å². The van der Waals surface area contributed by atoms with Gasteiger partial charge in [0.05, 0.1) is 24.1 Å². The molecule has 1 aliphatic rings. The molecule has 4 rings (SSSR count). The summed E-state index contributed by atoms with van der Waals surface area (Å²) >= 11 is 0. The Bertz CT molecular complexity index is 1310. The van der Waals surface area contributed by atoms with E-state index >= 15 is 0 Å². The van der Waals surface area contributed by atoms with Crippen molar-refractivity contribution in [3.05, 3.63) is 65.7 Å². The van der Waals surface area contributed by atoms with Crippen molar-refractivity contribution in [1.29, 1.82) is 0 Å². The highest BCUT2D eigenvalue weighted by Crippen LogP contribution is 2.47. The third-order valence-electron chi connectivity index (χ3n) is 5.69. The first-order chi connectivity index (χ1) is 17.4. The van der Waals surface area contributed by atoms with E-state index in [0.717, 1.165) is 18.2 Å². The number of nitrogens with zero attached hydrogens (tertiary/aromatic N) is 3. The van der Waals surface area contributed by atoms with Gasteiger partial charge in [-0.2, -0.15) is 0 Å². The lowest BCUT2D eigenvalue weighted by Crippen LogP contribution is -2.31. The van der Waals surface area contributed by atoms with E-state index in [0.29, 0.717) is 0 Å². The van der Waals surface area contributed by atoms with Crippen LogP contribution in [0.15, 0.2) is 42.9 Å². The van der Waals surface area contributed by atoms with Gasteiger partial charge in [-0.15, -0.1) is 0 Å². The lowest BCUT2D eigenvalue weighted by Gasteiger charge is -2.34. The third kappa shape index (κ3) is 4.85. The number of alkyl halides is 2. The van der Waals surface area contributed by atoms with E-state index in [2.05, 4.69) is 20.3 Å². The Balaban J connectivity index is 1.86. The molecule has 1 fully saturated rings. The van der Waals surface area contributed by atoms with E-state index in [4.69, 9.17) is 8.85 Å². The van der Waals surface area contributed by atoms with Crippen molar-refractivity contribution < 1.29 is 31.2 Å². The zero-order chi connectivity index (χ0) is 27.0. The number of pyridine rings is 1. The van der Waals surface area contributed by atoms with Gasteiger partial charge in [-0.25, -0.2) is 27.5 Å². The third-order valence-corrected chi connectivity index (χ3v) is 5.69. The summed E-state index contributed by atoms with van der Waals surface area (Å²) in [5.41, 5.74) is -0.371. The zero-order valence-corrected chi connectivity index (χ0v) is 18.0. The molecule has 0 bridgehead atoms. The molecule has 34 heavy (non-hydrogen) atoms. The number of anilines is 1. The summed E-state index contributed by atoms with van der Waals surface area (Å²) in [7, 11) is 1.34. The van der Waals surface area contributed by atoms with Crippen LogP contribution >= 0.6 is 0 Å². The predicted octanol–water partition coefficient (Wildman–Crippen LogP) is 5.62. The molecule has 6 nitrogen and oxygen atoms in total. The first kappa shape index (κ1) is 19.9. The molecular weight excluding hydrogens is 452 g/mol. The van der Waals surface area contributed by atoms with Gasteiger partial charge in [0.2, 0.25) is 5.92 Å². The number of rotatable bonds is 5. The monoisotopic (exact) mass is 477 g/mol. The van der Waals surface area contributed by atoms with Crippen LogP contribution in [0.1, 0.15) is 52.2 Å². The first-order valence-corrected chi connectivity index (χ1v) is 10.4. The maximum Gasteiger partial charge on any atom is 0.316 e. The van der Waals surface area contributed by atoms with E-state index in [1.165, 1.54) is 31.8 Å². The average Bonchev–Trinajstić information content (AvgIpc) is 2.85. The van der Waals surface area contributed by atoms with Crippen LogP contribution in [0.4, 0.5) is 23.2 Å². The number of amides is 1. The van der Waals surface area contributed by atoms with E-state index in [1.807, 2.05) is 0 Å². The maximum absolute atomic E-state index is 14.8. The SMILES string of the molecule is [2H]C([2H])([2H])[C@@H]1CC(F)(F)CC[C@@H]1c1nccc(-c2cc(F)ccc2F)c1NC(=O)c1cnc(OC)nc1. The number of nitrogens with one attached hydrogen (secondary N) is 1. The van der Waals surface area contributed by atoms with Crippen molar-refractivity contribution in [2.24, 2.45) is 5.92 Å². The number of halogens is 4. The van der Waals surface area contributed by atoms with Crippen LogP contribution in [0.5, 0.6) is 6.01 Å². The molecule has 178 valence electrons. The van der Waals surface area contributed by atoms with Crippen LogP contribution < -0.4 is 10.1 Å². The summed E-state index contributed by atoms with van der Waals surface area (Å²) < 4.78 is 85.9. The van der Waals surface area contributed by atoms with Crippen LogP contribution in [0.3, 0.4) is 0 Å². The quantitative estimate of drug-likeness (QED) is 0.483. The van der Waals surface area contributed by atoms with Crippen molar-refractivity contribution >= 4 is 11.6 Å². The van der Waals surface area contributed by atoms with Gasteiger partial charge in [-0.1, -0.05) is 6.85 Å². The van der Waals surface area contributed by atoms with Gasteiger partial charge in [0.15, 0.2) is 0 Å². The molecular formula is C24H22F4N4O2. The van der Waals surface area contributed by atoms with Gasteiger partial charge in [0, 0.05) is 52.6 Å². The molecule has 2 atom stereocenters. The van der Waals surface area contributed by atoms with Gasteiger partial charge in [0.25, 0.3) is 5.91 Å². The second kappa shape index (κ2) is 9.36. The molecule has 1 amide bonds. The fourth-order valence-corrected chi connectivity index (χ4v) is 4.00. The van der Waals surface area contributed by atoms with Crippen LogP contribution in [0.25, 0.3) is 11.1 Å². The summed E-state index contributed by atoms with van der Waals surface area (Å²) in [6, 6.07) is 4.06. The second-order valence-corrected chi connectivity index (χ2v) is 7.97. The standard InChI is InChI=1S/C24H22F4N4O2/c1-13-10-24(27,28)7-5-16(13)20-21(32-22(33)14-11-30-23(34-2)31-12-14)17(6-8-29-20)18-9-15(25)3-4-19(18)26/h3-4,6,8-9,11-13,16H,5,7,10H2,1-2H3,(H,32,33)/t13-,16+/m1/s1/i1D3. The van der Waals surface area contributed by atoms with Crippen molar-refractivity contribution in [3.8, 4) is 17.1 Å². The van der Waals surface area contributed by atoms with Crippen molar-refractivity contribution in [2.45, 2.75) is 38.0 Å². The topological polar surface area (TPSA) is 77.0 Å². The highest BCUT2D eigenvalue weighted by Gasteiger charge is 2.41. The molecule has 0 aliphatic heterocycles. The molecule has 2 aromatic heterocycles. The molecule has 0 saturated heterocycles. The Hall–Kier alpha value is -3.56. The van der Waals surface area contributed by atoms with Crippen LogP contribution in [-0.2, 0) is 0 Å². The summed E-state index contributed by atoms with van der Waals surface area (Å²) in [4.78, 5) is 25.1. The Morgan fingerprint density at radius 1 is 1.18 bits per heavy atom. The number of methoxy groups -OCH3 is 1. The zero-order valence-electron chi connectivity index (χ0n) is 21.0. The molecule has 0 unspecified atom stereocenters. The van der Waals surface area contributed by atoms with Crippen molar-refractivity contribution in [3.63, 3.8) is 0 Å². The van der Waals surface area contributed by atoms with Gasteiger partial charge in [-0.3, -0.25) is 9.78 Å². The maximum atomic E-state index is 14.8. The highest BCUT2D eigenvalue weighted by atomic mass is 19.3. The molecule has 2 heterocycles. The Kier molecular flexibility index (Phi) is 5.47. The number of benzene rings is 1. The summed E-state index contributed by atoms with van der Waals surface area (Å²) in [5.74, 6) is -8.03. The van der Waals surface area contributed by atoms with E-state index in [1.54, 1.807) is 0 Å². The number of aromatic nitrogens is 3. The Morgan fingerprint density at radius 2 is 1.94 bits per heavy atom. The fourth-order valence-electron chi connectivity index (χ4n) is 4.00. The lowest BCUT2D eigenvalue weighted by atomic mass is 9.75. The summed E-state index contributed by atoms with van der Waals surface area (Å²) in [6.07, 6.45) is 1.84. The molecule has 3 aromatic rings. The number of carbonyl (C=O) groups is 1. The van der Waals surface area contributed by atoms with Crippen molar-refractivity contribution in [1.82, 2.24) is 15.0 Å². The number of hydrogen-bond acceptors (Lipinski definition) is 5.